The number of benzene rings is 4. The number of carbonyl (C=O) groups excluding carboxylic acids is 1. The van der Waals surface area contributed by atoms with Gasteiger partial charge in [-0.1, -0.05) is 48.5 Å². The van der Waals surface area contributed by atoms with Gasteiger partial charge in [-0.05, 0) is 71.0 Å². The molecule has 0 bridgehead atoms. The number of aliphatic hydroxyl groups excluding tert-OH is 2. The number of carbonyl (C=O) groups is 1. The molecule has 1 aliphatic carbocycles. The van der Waals surface area contributed by atoms with Crippen LogP contribution in [-0.4, -0.2) is 39.1 Å². The molecule has 1 amide bonds. The minimum absolute atomic E-state index is 0.101. The molecule has 1 heterocycles. The number of nitrogens with zero attached hydrogens (tertiary/aromatic N) is 3. The minimum atomic E-state index is -4.81. The lowest BCUT2D eigenvalue weighted by Crippen LogP contribution is -2.17. The number of anilines is 1. The van der Waals surface area contributed by atoms with E-state index in [-0.39, 0.29) is 35.4 Å². The number of alkyl halides is 3. The van der Waals surface area contributed by atoms with Crippen molar-refractivity contribution in [1.82, 2.24) is 9.78 Å². The molecule has 1 fully saturated rings. The Balaban J connectivity index is 1.31. The van der Waals surface area contributed by atoms with Gasteiger partial charge in [0.05, 0.1) is 23.9 Å². The summed E-state index contributed by atoms with van der Waals surface area (Å²) in [4.78, 5) is 13.4. The molecule has 228 valence electrons. The number of aromatic nitrogens is 2. The Kier molecular flexibility index (Phi) is 8.01. The van der Waals surface area contributed by atoms with Crippen LogP contribution in [0.15, 0.2) is 91.0 Å². The van der Waals surface area contributed by atoms with Crippen molar-refractivity contribution in [2.24, 2.45) is 11.8 Å². The highest BCUT2D eigenvalue weighted by Crippen LogP contribution is 2.41. The molecule has 11 heteroatoms. The number of aliphatic hydroxyl groups is 2. The molecule has 1 saturated carbocycles. The first-order valence-corrected chi connectivity index (χ1v) is 14.2. The lowest BCUT2D eigenvalue weighted by Gasteiger charge is -2.20. The second-order valence-electron chi connectivity index (χ2n) is 10.9. The van der Waals surface area contributed by atoms with Crippen LogP contribution in [0.1, 0.15) is 45.4 Å². The van der Waals surface area contributed by atoms with Crippen molar-refractivity contribution in [2.75, 3.05) is 18.5 Å². The molecule has 8 nitrogen and oxygen atoms in total. The number of rotatable bonds is 9. The summed E-state index contributed by atoms with van der Waals surface area (Å²) in [6, 6.07) is 25.9. The monoisotopic (exact) mass is 612 g/mol. The number of ether oxygens (including phenoxy) is 1. The highest BCUT2D eigenvalue weighted by Gasteiger charge is 2.37. The second-order valence-corrected chi connectivity index (χ2v) is 10.9. The van der Waals surface area contributed by atoms with Crippen molar-refractivity contribution in [2.45, 2.75) is 18.7 Å². The Morgan fingerprint density at radius 1 is 1.04 bits per heavy atom. The summed E-state index contributed by atoms with van der Waals surface area (Å²) in [5, 5.41) is 38.2. The van der Waals surface area contributed by atoms with Gasteiger partial charge in [-0.15, -0.1) is 0 Å². The Hall–Kier alpha value is -5.18. The average Bonchev–Trinajstić information content (AvgIpc) is 3.66. The fourth-order valence-corrected chi connectivity index (χ4v) is 5.35. The molecule has 45 heavy (non-hydrogen) atoms. The molecular formula is C34H27F3N4O4. The maximum Gasteiger partial charge on any atom is 0.435 e. The summed E-state index contributed by atoms with van der Waals surface area (Å²) in [7, 11) is 0. The van der Waals surface area contributed by atoms with E-state index >= 15 is 0 Å². The Morgan fingerprint density at radius 3 is 2.60 bits per heavy atom. The van der Waals surface area contributed by atoms with Gasteiger partial charge in [0.15, 0.2) is 5.69 Å². The molecule has 0 spiro atoms. The van der Waals surface area contributed by atoms with Crippen LogP contribution in [-0.2, 0) is 6.18 Å². The van der Waals surface area contributed by atoms with Crippen LogP contribution >= 0.6 is 0 Å². The van der Waals surface area contributed by atoms with E-state index in [0.29, 0.717) is 29.5 Å². The van der Waals surface area contributed by atoms with E-state index in [4.69, 9.17) is 4.74 Å². The topological polar surface area (TPSA) is 120 Å². The smallest absolute Gasteiger partial charge is 0.435 e. The third kappa shape index (κ3) is 6.24. The van der Waals surface area contributed by atoms with Gasteiger partial charge in [0.2, 0.25) is 0 Å². The Labute approximate surface area is 255 Å². The van der Waals surface area contributed by atoms with E-state index in [2.05, 4.69) is 10.4 Å². The summed E-state index contributed by atoms with van der Waals surface area (Å²) in [6.07, 6.45) is -5.11. The molecular weight excluding hydrogens is 585 g/mol. The number of nitriles is 1. The van der Waals surface area contributed by atoms with Crippen LogP contribution in [0.25, 0.3) is 16.5 Å². The third-order valence-electron chi connectivity index (χ3n) is 7.87. The van der Waals surface area contributed by atoms with Crippen LogP contribution in [0.5, 0.6) is 5.75 Å². The summed E-state index contributed by atoms with van der Waals surface area (Å²) in [6.45, 7) is 0.495. The number of nitrogens with one attached hydrogen (secondary N) is 1. The van der Waals surface area contributed by atoms with Crippen LogP contribution in [0.3, 0.4) is 0 Å². The van der Waals surface area contributed by atoms with Crippen molar-refractivity contribution >= 4 is 22.4 Å². The van der Waals surface area contributed by atoms with Crippen LogP contribution in [0.2, 0.25) is 0 Å². The Bertz CT molecular complexity index is 1930. The molecule has 1 aromatic heterocycles. The number of fused-ring (bicyclic) bond motifs is 1. The van der Waals surface area contributed by atoms with E-state index < -0.39 is 29.6 Å². The fraction of sp³-hybridized carbons (Fsp3) is 0.206. The maximum atomic E-state index is 13.6. The predicted octanol–water partition coefficient (Wildman–Crippen LogP) is 6.26. The molecule has 0 radical (unpaired) electrons. The first-order valence-electron chi connectivity index (χ1n) is 14.2. The average molecular weight is 613 g/mol. The molecule has 5 aromatic rings. The molecule has 0 aliphatic heterocycles. The van der Waals surface area contributed by atoms with Crippen LogP contribution < -0.4 is 10.1 Å². The third-order valence-corrected chi connectivity index (χ3v) is 7.87. The van der Waals surface area contributed by atoms with Gasteiger partial charge in [0.25, 0.3) is 5.91 Å². The van der Waals surface area contributed by atoms with E-state index in [1.165, 1.54) is 24.3 Å². The van der Waals surface area contributed by atoms with Crippen LogP contribution in [0.4, 0.5) is 18.9 Å². The predicted molar refractivity (Wildman–Crippen MR) is 160 cm³/mol. The lowest BCUT2D eigenvalue weighted by molar-refractivity contribution is -0.141. The minimum Gasteiger partial charge on any atom is -0.493 e. The number of amides is 1. The summed E-state index contributed by atoms with van der Waals surface area (Å²) < 4.78 is 47.8. The van der Waals surface area contributed by atoms with Gasteiger partial charge in [0, 0.05) is 23.9 Å². The summed E-state index contributed by atoms with van der Waals surface area (Å²) in [5.41, 5.74) is -0.183. The number of halogens is 3. The highest BCUT2D eigenvalue weighted by atomic mass is 19.4. The molecule has 0 saturated heterocycles. The molecule has 6 rings (SSSR count). The lowest BCUT2D eigenvalue weighted by atomic mass is 9.94. The maximum absolute atomic E-state index is 13.6. The molecule has 3 atom stereocenters. The van der Waals surface area contributed by atoms with Crippen molar-refractivity contribution in [3.05, 3.63) is 119 Å². The fourth-order valence-electron chi connectivity index (χ4n) is 5.35. The van der Waals surface area contributed by atoms with Gasteiger partial charge >= 0.3 is 6.18 Å². The normalized spacial score (nSPS) is 16.6. The van der Waals surface area contributed by atoms with Crippen molar-refractivity contribution in [3.63, 3.8) is 0 Å². The van der Waals surface area contributed by atoms with Crippen LogP contribution in [0, 0.1) is 23.2 Å². The van der Waals surface area contributed by atoms with Crippen molar-refractivity contribution in [1.29, 1.82) is 5.26 Å². The first kappa shape index (κ1) is 29.9. The van der Waals surface area contributed by atoms with Crippen molar-refractivity contribution < 1.29 is 32.9 Å². The molecule has 3 unspecified atom stereocenters. The quantitative estimate of drug-likeness (QED) is 0.181. The van der Waals surface area contributed by atoms with Gasteiger partial charge in [-0.2, -0.15) is 23.5 Å². The first-order chi connectivity index (χ1) is 21.7. The second kappa shape index (κ2) is 12.1. The Morgan fingerprint density at radius 2 is 1.84 bits per heavy atom. The summed E-state index contributed by atoms with van der Waals surface area (Å²) in [5.74, 6) is 0.0584. The van der Waals surface area contributed by atoms with Gasteiger partial charge in [0.1, 0.15) is 17.5 Å². The number of hydrogen-bond donors (Lipinski definition) is 3. The van der Waals surface area contributed by atoms with E-state index in [1.807, 2.05) is 36.4 Å². The highest BCUT2D eigenvalue weighted by molar-refractivity contribution is 6.03. The van der Waals surface area contributed by atoms with E-state index in [1.54, 1.807) is 30.3 Å². The van der Waals surface area contributed by atoms with Gasteiger partial charge in [-0.3, -0.25) is 4.79 Å². The standard InChI is InChI=1S/C34H27F3N4O4/c35-34(36,37)30-16-28(41(40-30)26-9-3-5-20(13-26)17-38)33(44)39-25-8-4-7-22(15-25)32(43)31-27-10-2-1-6-21(27)11-12-29(31)45-19-24-14-23(24)18-42/h1-13,15-16,23-24,32,42-43H,14,18-19H2,(H,39,44). The zero-order chi connectivity index (χ0) is 31.7. The van der Waals surface area contributed by atoms with E-state index in [9.17, 15) is 33.4 Å². The van der Waals surface area contributed by atoms with Gasteiger partial charge in [-0.25, -0.2) is 4.68 Å². The van der Waals surface area contributed by atoms with E-state index in [0.717, 1.165) is 21.9 Å². The zero-order valence-electron chi connectivity index (χ0n) is 23.7. The van der Waals surface area contributed by atoms with Gasteiger partial charge < -0.3 is 20.3 Å². The SMILES string of the molecule is N#Cc1cccc(-n2nc(C(F)(F)F)cc2C(=O)Nc2cccc(C(O)c3c(OCC4CC4CO)ccc4ccccc34)c2)c1. The zero-order valence-corrected chi connectivity index (χ0v) is 23.7. The summed E-state index contributed by atoms with van der Waals surface area (Å²) >= 11 is 0. The largest absolute Gasteiger partial charge is 0.493 e. The van der Waals surface area contributed by atoms with Crippen molar-refractivity contribution in [3.8, 4) is 17.5 Å². The molecule has 4 aromatic carbocycles. The molecule has 1 aliphatic rings. The number of hydrogen-bond acceptors (Lipinski definition) is 6. The molecule has 3 N–H and O–H groups in total.